The van der Waals surface area contributed by atoms with Gasteiger partial charge in [-0.3, -0.25) is 9.59 Å². The zero-order chi connectivity index (χ0) is 20.1. The Labute approximate surface area is 171 Å². The number of hydrogen-bond acceptors (Lipinski definition) is 5. The molecular formula is C19H18ClN5O2S. The maximum Gasteiger partial charge on any atom is 0.255 e. The van der Waals surface area contributed by atoms with Crippen LogP contribution in [0.5, 0.6) is 0 Å². The maximum atomic E-state index is 12.4. The number of aromatic nitrogens is 3. The summed E-state index contributed by atoms with van der Waals surface area (Å²) in [5.41, 5.74) is 2.68. The van der Waals surface area contributed by atoms with Gasteiger partial charge in [-0.05, 0) is 55.0 Å². The molecule has 28 heavy (non-hydrogen) atoms. The summed E-state index contributed by atoms with van der Waals surface area (Å²) in [4.78, 5) is 24.5. The molecule has 2 aromatic carbocycles. The molecule has 3 rings (SSSR count). The van der Waals surface area contributed by atoms with E-state index in [1.165, 1.54) is 11.8 Å². The average molecular weight is 416 g/mol. The number of benzene rings is 2. The Morgan fingerprint density at radius 1 is 1.14 bits per heavy atom. The number of hydrogen-bond donors (Lipinski definition) is 2. The minimum Gasteiger partial charge on any atom is -0.325 e. The highest BCUT2D eigenvalue weighted by molar-refractivity contribution is 7.99. The van der Waals surface area contributed by atoms with Crippen molar-refractivity contribution < 1.29 is 9.59 Å². The van der Waals surface area contributed by atoms with Gasteiger partial charge in [0.2, 0.25) is 5.91 Å². The summed E-state index contributed by atoms with van der Waals surface area (Å²) in [6, 6.07) is 12.0. The van der Waals surface area contributed by atoms with Crippen LogP contribution >= 0.6 is 23.4 Å². The van der Waals surface area contributed by atoms with E-state index in [1.54, 1.807) is 53.4 Å². The molecule has 0 fully saturated rings. The number of carbonyl (C=O) groups is 2. The van der Waals surface area contributed by atoms with E-state index in [9.17, 15) is 9.59 Å². The molecule has 0 unspecified atom stereocenters. The zero-order valence-corrected chi connectivity index (χ0v) is 16.8. The number of nitrogens with zero attached hydrogens (tertiary/aromatic N) is 3. The lowest BCUT2D eigenvalue weighted by Gasteiger charge is -2.10. The lowest BCUT2D eigenvalue weighted by atomic mass is 10.1. The Hall–Kier alpha value is -2.84. The largest absolute Gasteiger partial charge is 0.325 e. The molecular weight excluding hydrogens is 398 g/mol. The first-order valence-corrected chi connectivity index (χ1v) is 9.73. The number of carbonyl (C=O) groups excluding carboxylic acids is 2. The summed E-state index contributed by atoms with van der Waals surface area (Å²) >= 11 is 7.23. The van der Waals surface area contributed by atoms with E-state index in [0.29, 0.717) is 27.1 Å². The molecule has 1 heterocycles. The molecule has 2 N–H and O–H groups in total. The molecule has 7 nitrogen and oxygen atoms in total. The van der Waals surface area contributed by atoms with E-state index < -0.39 is 0 Å². The van der Waals surface area contributed by atoms with E-state index >= 15 is 0 Å². The van der Waals surface area contributed by atoms with Crippen molar-refractivity contribution in [1.82, 2.24) is 14.8 Å². The van der Waals surface area contributed by atoms with Gasteiger partial charge in [0.05, 0.1) is 5.75 Å². The standard InChI is InChI=1S/C19H18ClN5O2S/c1-12-9-14(20)5-8-16(12)23-18(27)13-3-6-15(7-4-13)22-17(26)10-28-19-24-21-11-25(19)2/h3-9,11H,10H2,1-2H3,(H,22,26)(H,23,27). The summed E-state index contributed by atoms with van der Waals surface area (Å²) in [5.74, 6) is -0.187. The first-order valence-electron chi connectivity index (χ1n) is 8.36. The number of rotatable bonds is 6. The van der Waals surface area contributed by atoms with Crippen LogP contribution < -0.4 is 10.6 Å². The van der Waals surface area contributed by atoms with Gasteiger partial charge < -0.3 is 15.2 Å². The van der Waals surface area contributed by atoms with E-state index in [2.05, 4.69) is 20.8 Å². The Morgan fingerprint density at radius 3 is 2.54 bits per heavy atom. The van der Waals surface area contributed by atoms with Crippen LogP contribution in [-0.2, 0) is 11.8 Å². The number of nitrogens with one attached hydrogen (secondary N) is 2. The lowest BCUT2D eigenvalue weighted by Crippen LogP contribution is -2.15. The molecule has 144 valence electrons. The number of anilines is 2. The molecule has 0 radical (unpaired) electrons. The van der Waals surface area contributed by atoms with Gasteiger partial charge in [-0.2, -0.15) is 0 Å². The monoisotopic (exact) mass is 415 g/mol. The predicted octanol–water partition coefficient (Wildman–Crippen LogP) is 3.76. The van der Waals surface area contributed by atoms with Gasteiger partial charge in [-0.1, -0.05) is 23.4 Å². The van der Waals surface area contributed by atoms with Crippen LogP contribution in [0.25, 0.3) is 0 Å². The Balaban J connectivity index is 1.56. The van der Waals surface area contributed by atoms with Crippen molar-refractivity contribution in [1.29, 1.82) is 0 Å². The van der Waals surface area contributed by atoms with Crippen molar-refractivity contribution in [3.05, 3.63) is 64.9 Å². The third kappa shape index (κ3) is 5.11. The normalized spacial score (nSPS) is 10.5. The topological polar surface area (TPSA) is 88.9 Å². The molecule has 9 heteroatoms. The first kappa shape index (κ1) is 19.9. The smallest absolute Gasteiger partial charge is 0.255 e. The fourth-order valence-corrected chi connectivity index (χ4v) is 3.31. The van der Waals surface area contributed by atoms with E-state index in [0.717, 1.165) is 5.56 Å². The van der Waals surface area contributed by atoms with E-state index in [-0.39, 0.29) is 17.6 Å². The summed E-state index contributed by atoms with van der Waals surface area (Å²) < 4.78 is 1.74. The summed E-state index contributed by atoms with van der Waals surface area (Å²) in [6.07, 6.45) is 1.58. The highest BCUT2D eigenvalue weighted by atomic mass is 35.5. The van der Waals surface area contributed by atoms with Crippen molar-refractivity contribution in [3.63, 3.8) is 0 Å². The van der Waals surface area contributed by atoms with Crippen LogP contribution in [0.3, 0.4) is 0 Å². The molecule has 0 aliphatic rings. The Kier molecular flexibility index (Phi) is 6.33. The average Bonchev–Trinajstić information content (AvgIpc) is 3.08. The van der Waals surface area contributed by atoms with Crippen molar-refractivity contribution in [2.24, 2.45) is 7.05 Å². The van der Waals surface area contributed by atoms with Gasteiger partial charge in [-0.25, -0.2) is 0 Å². The van der Waals surface area contributed by atoms with Gasteiger partial charge >= 0.3 is 0 Å². The van der Waals surface area contributed by atoms with Crippen LogP contribution in [0, 0.1) is 6.92 Å². The third-order valence-electron chi connectivity index (χ3n) is 3.87. The van der Waals surface area contributed by atoms with Crippen molar-refractivity contribution >= 4 is 46.6 Å². The highest BCUT2D eigenvalue weighted by Crippen LogP contribution is 2.21. The molecule has 0 aliphatic carbocycles. The number of amides is 2. The molecule has 0 saturated heterocycles. The lowest BCUT2D eigenvalue weighted by molar-refractivity contribution is -0.113. The van der Waals surface area contributed by atoms with Gasteiger partial charge in [0.25, 0.3) is 5.91 Å². The Bertz CT molecular complexity index is 1000. The van der Waals surface area contributed by atoms with Crippen LogP contribution in [0.4, 0.5) is 11.4 Å². The molecule has 0 atom stereocenters. The van der Waals surface area contributed by atoms with Crippen molar-refractivity contribution in [3.8, 4) is 0 Å². The summed E-state index contributed by atoms with van der Waals surface area (Å²) in [5, 5.41) is 14.6. The van der Waals surface area contributed by atoms with Crippen molar-refractivity contribution in [2.75, 3.05) is 16.4 Å². The fraction of sp³-hybridized carbons (Fsp3) is 0.158. The van der Waals surface area contributed by atoms with Gasteiger partial charge in [0, 0.05) is 29.0 Å². The summed E-state index contributed by atoms with van der Waals surface area (Å²) in [6.45, 7) is 1.87. The molecule has 0 bridgehead atoms. The minimum atomic E-state index is -0.235. The SMILES string of the molecule is Cc1cc(Cl)ccc1NC(=O)c1ccc(NC(=O)CSc2nncn2C)cc1. The highest BCUT2D eigenvalue weighted by Gasteiger charge is 2.10. The van der Waals surface area contributed by atoms with Gasteiger partial charge in [0.15, 0.2) is 5.16 Å². The molecule has 0 spiro atoms. The fourth-order valence-electron chi connectivity index (χ4n) is 2.40. The number of aryl methyl sites for hydroxylation is 2. The predicted molar refractivity (Wildman–Crippen MR) is 111 cm³/mol. The Morgan fingerprint density at radius 2 is 1.89 bits per heavy atom. The van der Waals surface area contributed by atoms with Crippen LogP contribution in [-0.4, -0.2) is 32.3 Å². The second-order valence-corrected chi connectivity index (χ2v) is 7.43. The second-order valence-electron chi connectivity index (χ2n) is 6.05. The molecule has 0 aliphatic heterocycles. The van der Waals surface area contributed by atoms with Crippen LogP contribution in [0.15, 0.2) is 53.9 Å². The van der Waals surface area contributed by atoms with Crippen LogP contribution in [0.2, 0.25) is 5.02 Å². The summed E-state index contributed by atoms with van der Waals surface area (Å²) in [7, 11) is 1.82. The van der Waals surface area contributed by atoms with Crippen molar-refractivity contribution in [2.45, 2.75) is 12.1 Å². The maximum absolute atomic E-state index is 12.4. The van der Waals surface area contributed by atoms with Gasteiger partial charge in [-0.15, -0.1) is 10.2 Å². The molecule has 2 amide bonds. The molecule has 0 saturated carbocycles. The number of thioether (sulfide) groups is 1. The van der Waals surface area contributed by atoms with Crippen LogP contribution in [0.1, 0.15) is 15.9 Å². The molecule has 1 aromatic heterocycles. The minimum absolute atomic E-state index is 0.165. The number of halogens is 1. The second kappa shape index (κ2) is 8.90. The first-order chi connectivity index (χ1) is 13.4. The van der Waals surface area contributed by atoms with E-state index in [1.807, 2.05) is 14.0 Å². The van der Waals surface area contributed by atoms with E-state index in [4.69, 9.17) is 11.6 Å². The van der Waals surface area contributed by atoms with Gasteiger partial charge in [0.1, 0.15) is 6.33 Å². The zero-order valence-electron chi connectivity index (χ0n) is 15.3. The molecule has 3 aromatic rings. The third-order valence-corrected chi connectivity index (χ3v) is 5.14. The quantitative estimate of drug-likeness (QED) is 0.598.